The van der Waals surface area contributed by atoms with Crippen LogP contribution in [-0.2, 0) is 5.75 Å². The van der Waals surface area contributed by atoms with Crippen LogP contribution in [0.3, 0.4) is 0 Å². The number of thioether (sulfide) groups is 1. The van der Waals surface area contributed by atoms with E-state index >= 15 is 0 Å². The summed E-state index contributed by atoms with van der Waals surface area (Å²) in [5.74, 6) is 0.900. The van der Waals surface area contributed by atoms with Crippen LogP contribution >= 0.6 is 23.4 Å². The van der Waals surface area contributed by atoms with Crippen LogP contribution in [0.1, 0.15) is 31.8 Å². The van der Waals surface area contributed by atoms with Crippen LogP contribution in [0.5, 0.6) is 11.5 Å². The molecule has 0 bridgehead atoms. The van der Waals surface area contributed by atoms with Crippen LogP contribution in [0, 0.1) is 0 Å². The molecular weight excluding hydrogens is 576 g/mol. The third kappa shape index (κ3) is 6.91. The van der Waals surface area contributed by atoms with Crippen molar-refractivity contribution in [2.45, 2.75) is 11.0 Å². The van der Waals surface area contributed by atoms with Gasteiger partial charge in [-0.05, 0) is 78.4 Å². The zero-order chi connectivity index (χ0) is 29.5. The number of aromatic nitrogens is 1. The lowest BCUT2D eigenvalue weighted by Crippen LogP contribution is -2.18. The Labute approximate surface area is 250 Å². The van der Waals surface area contributed by atoms with Crippen LogP contribution in [-0.4, -0.2) is 37.2 Å². The number of carbonyl (C=O) groups excluding carboxylic acids is 2. The van der Waals surface area contributed by atoms with Crippen LogP contribution in [0.4, 0.5) is 5.69 Å². The van der Waals surface area contributed by atoms with E-state index in [0.717, 1.165) is 28.0 Å². The molecule has 0 saturated heterocycles. The van der Waals surface area contributed by atoms with Gasteiger partial charge >= 0.3 is 0 Å². The molecule has 0 aliphatic carbocycles. The number of nitrogens with zero attached hydrogens (tertiary/aromatic N) is 2. The van der Waals surface area contributed by atoms with Gasteiger partial charge in [0.2, 0.25) is 0 Å². The number of methoxy groups -OCH3 is 2. The van der Waals surface area contributed by atoms with Gasteiger partial charge in [-0.25, -0.2) is 10.4 Å². The fourth-order valence-corrected chi connectivity index (χ4v) is 5.02. The number of ether oxygens (including phenoxy) is 2. The number of nitrogens with one attached hydrogen (secondary N) is 2. The highest BCUT2D eigenvalue weighted by atomic mass is 35.5. The second-order valence-electron chi connectivity index (χ2n) is 8.88. The molecule has 2 N–H and O–H groups in total. The molecule has 9 nitrogen and oxygen atoms in total. The van der Waals surface area contributed by atoms with Crippen molar-refractivity contribution in [1.82, 2.24) is 10.4 Å². The fourth-order valence-electron chi connectivity index (χ4n) is 4.03. The number of hydrogen-bond donors (Lipinski definition) is 2. The molecule has 2 amide bonds. The third-order valence-electron chi connectivity index (χ3n) is 6.12. The first-order valence-corrected chi connectivity index (χ1v) is 14.0. The number of para-hydroxylation sites is 2. The number of fused-ring (bicyclic) bond motifs is 1. The molecule has 0 radical (unpaired) electrons. The van der Waals surface area contributed by atoms with Gasteiger partial charge < -0.3 is 19.2 Å². The first-order chi connectivity index (χ1) is 20.4. The van der Waals surface area contributed by atoms with Crippen molar-refractivity contribution < 1.29 is 23.5 Å². The van der Waals surface area contributed by atoms with E-state index in [1.54, 1.807) is 49.7 Å². The predicted octanol–water partition coefficient (Wildman–Crippen LogP) is 6.81. The molecule has 0 saturated carbocycles. The predicted molar refractivity (Wildman–Crippen MR) is 164 cm³/mol. The number of benzene rings is 4. The van der Waals surface area contributed by atoms with Gasteiger partial charge in [0.05, 0.1) is 26.0 Å². The summed E-state index contributed by atoms with van der Waals surface area (Å²) in [5, 5.41) is 7.86. The van der Waals surface area contributed by atoms with Crippen molar-refractivity contribution in [3.8, 4) is 11.5 Å². The first kappa shape index (κ1) is 28.7. The van der Waals surface area contributed by atoms with Gasteiger partial charge in [0.1, 0.15) is 17.0 Å². The largest absolute Gasteiger partial charge is 0.496 e. The van der Waals surface area contributed by atoms with Crippen molar-refractivity contribution in [2.75, 3.05) is 19.5 Å². The zero-order valence-electron chi connectivity index (χ0n) is 22.6. The maximum absolute atomic E-state index is 12.7. The zero-order valence-corrected chi connectivity index (χ0v) is 24.2. The van der Waals surface area contributed by atoms with Crippen molar-refractivity contribution in [1.29, 1.82) is 0 Å². The van der Waals surface area contributed by atoms with E-state index < -0.39 is 5.91 Å². The van der Waals surface area contributed by atoms with Gasteiger partial charge in [0.25, 0.3) is 17.0 Å². The fraction of sp³-hybridized carbons (Fsp3) is 0.0968. The van der Waals surface area contributed by atoms with Gasteiger partial charge in [-0.1, -0.05) is 35.5 Å². The van der Waals surface area contributed by atoms with Crippen molar-refractivity contribution in [3.05, 3.63) is 112 Å². The highest BCUT2D eigenvalue weighted by Crippen LogP contribution is 2.30. The van der Waals surface area contributed by atoms with E-state index in [1.807, 2.05) is 42.5 Å². The second kappa shape index (κ2) is 13.2. The van der Waals surface area contributed by atoms with Gasteiger partial charge in [0.15, 0.2) is 5.58 Å². The van der Waals surface area contributed by atoms with Crippen LogP contribution in [0.15, 0.2) is 99.7 Å². The minimum absolute atomic E-state index is 0.299. The third-order valence-corrected chi connectivity index (χ3v) is 7.23. The van der Waals surface area contributed by atoms with Gasteiger partial charge in [-0.2, -0.15) is 5.10 Å². The van der Waals surface area contributed by atoms with Crippen molar-refractivity contribution in [2.24, 2.45) is 5.10 Å². The first-order valence-electron chi connectivity index (χ1n) is 12.7. The Hall–Kier alpha value is -4.80. The molecule has 42 heavy (non-hydrogen) atoms. The van der Waals surface area contributed by atoms with E-state index in [9.17, 15) is 9.59 Å². The quantitative estimate of drug-likeness (QED) is 0.103. The van der Waals surface area contributed by atoms with E-state index in [0.29, 0.717) is 38.6 Å². The number of amides is 2. The van der Waals surface area contributed by atoms with E-state index in [1.165, 1.54) is 24.9 Å². The summed E-state index contributed by atoms with van der Waals surface area (Å²) in [7, 11) is 3.09. The smallest absolute Gasteiger partial charge is 0.271 e. The highest BCUT2D eigenvalue weighted by molar-refractivity contribution is 7.98. The number of rotatable bonds is 10. The van der Waals surface area contributed by atoms with Crippen LogP contribution in [0.25, 0.3) is 11.1 Å². The average molecular weight is 601 g/mol. The Balaban J connectivity index is 1.18. The Morgan fingerprint density at radius 1 is 0.952 bits per heavy atom. The molecule has 5 rings (SSSR count). The van der Waals surface area contributed by atoms with E-state index in [4.69, 9.17) is 25.5 Å². The number of carbonyl (C=O) groups is 2. The maximum atomic E-state index is 12.7. The molecule has 11 heteroatoms. The molecule has 0 fully saturated rings. The van der Waals surface area contributed by atoms with Gasteiger partial charge in [0, 0.05) is 27.6 Å². The summed E-state index contributed by atoms with van der Waals surface area (Å²) < 4.78 is 16.5. The summed E-state index contributed by atoms with van der Waals surface area (Å²) in [4.78, 5) is 29.8. The van der Waals surface area contributed by atoms with Gasteiger partial charge in [-0.15, -0.1) is 0 Å². The highest BCUT2D eigenvalue weighted by Gasteiger charge is 2.14. The van der Waals surface area contributed by atoms with E-state index in [2.05, 4.69) is 20.8 Å². The Morgan fingerprint density at radius 2 is 1.71 bits per heavy atom. The number of hydrazone groups is 1. The molecule has 0 atom stereocenters. The molecule has 1 heterocycles. The lowest BCUT2D eigenvalue weighted by atomic mass is 10.1. The molecule has 0 aliphatic rings. The summed E-state index contributed by atoms with van der Waals surface area (Å²) >= 11 is 7.48. The monoisotopic (exact) mass is 600 g/mol. The summed E-state index contributed by atoms with van der Waals surface area (Å²) in [6.07, 6.45) is 1.55. The molecule has 0 unspecified atom stereocenters. The maximum Gasteiger partial charge on any atom is 0.271 e. The molecule has 0 aliphatic heterocycles. The Bertz CT molecular complexity index is 1740. The molecule has 5 aromatic rings. The SMILES string of the molecule is COc1ccc(/C=N/NC(=O)c2ccc(NC(=O)c3cc(Cl)ccc3OC)cc2)cc1CSc1nc2ccccc2o1. The number of anilines is 1. The Morgan fingerprint density at radius 3 is 2.48 bits per heavy atom. The lowest BCUT2D eigenvalue weighted by molar-refractivity contribution is 0.0954. The standard InChI is InChI=1S/C31H25ClN4O5S/c1-39-26-13-7-19(15-21(26)18-42-31-35-25-5-3-4-6-28(25)41-31)17-33-36-29(37)20-8-11-23(12-9-20)34-30(38)24-16-22(32)10-14-27(24)40-2/h3-17H,18H2,1-2H3,(H,34,38)(H,36,37)/b33-17+. The summed E-state index contributed by atoms with van der Waals surface area (Å²) in [5.41, 5.74) is 6.94. The average Bonchev–Trinajstić information content (AvgIpc) is 3.43. The van der Waals surface area contributed by atoms with Crippen LogP contribution in [0.2, 0.25) is 5.02 Å². The normalized spacial score (nSPS) is 11.0. The summed E-state index contributed by atoms with van der Waals surface area (Å²) in [6, 6.07) is 24.4. The molecule has 212 valence electrons. The minimum atomic E-state index is -0.402. The topological polar surface area (TPSA) is 115 Å². The molecule has 0 spiro atoms. The number of halogens is 1. The molecule has 4 aromatic carbocycles. The van der Waals surface area contributed by atoms with E-state index in [-0.39, 0.29) is 5.91 Å². The van der Waals surface area contributed by atoms with Gasteiger partial charge in [-0.3, -0.25) is 9.59 Å². The van der Waals surface area contributed by atoms with Crippen molar-refractivity contribution >= 4 is 58.2 Å². The molecule has 1 aromatic heterocycles. The molecular formula is C31H25ClN4O5S. The number of hydrogen-bond acceptors (Lipinski definition) is 8. The van der Waals surface area contributed by atoms with Crippen molar-refractivity contribution in [3.63, 3.8) is 0 Å². The second-order valence-corrected chi connectivity index (χ2v) is 10.2. The minimum Gasteiger partial charge on any atom is -0.496 e. The lowest BCUT2D eigenvalue weighted by Gasteiger charge is -2.10. The summed E-state index contributed by atoms with van der Waals surface area (Å²) in [6.45, 7) is 0. The Kier molecular flexibility index (Phi) is 9.05. The van der Waals surface area contributed by atoms with Crippen LogP contribution < -0.4 is 20.2 Å². The number of oxazole rings is 1.